The van der Waals surface area contributed by atoms with E-state index in [0.29, 0.717) is 5.56 Å². The van der Waals surface area contributed by atoms with Crippen molar-refractivity contribution < 1.29 is 8.78 Å². The van der Waals surface area contributed by atoms with E-state index in [9.17, 15) is 8.78 Å². The van der Waals surface area contributed by atoms with Crippen LogP contribution in [0, 0.1) is 11.6 Å². The van der Waals surface area contributed by atoms with E-state index >= 15 is 0 Å². The highest BCUT2D eigenvalue weighted by Gasteiger charge is 2.49. The molecular formula is C45H33F2N. The third-order valence-electron chi connectivity index (χ3n) is 10.7. The maximum atomic E-state index is 13.9. The number of allylic oxidation sites excluding steroid dienone is 2. The van der Waals surface area contributed by atoms with Gasteiger partial charge in [-0.1, -0.05) is 100 Å². The molecule has 0 spiro atoms. The fourth-order valence-corrected chi connectivity index (χ4v) is 8.29. The highest BCUT2D eigenvalue weighted by atomic mass is 19.1. The molecule has 0 aliphatic heterocycles. The minimum absolute atomic E-state index is 0.160. The Morgan fingerprint density at radius 1 is 0.438 bits per heavy atom. The lowest BCUT2D eigenvalue weighted by atomic mass is 9.75. The zero-order chi connectivity index (χ0) is 32.9. The first-order valence-electron chi connectivity index (χ1n) is 16.5. The Kier molecular flexibility index (Phi) is 6.02. The second-order valence-electron chi connectivity index (χ2n) is 14.3. The number of hydrogen-bond acceptors (Lipinski definition) is 1. The van der Waals surface area contributed by atoms with E-state index in [2.05, 4.69) is 113 Å². The molecule has 2 aliphatic rings. The van der Waals surface area contributed by atoms with Gasteiger partial charge < -0.3 is 0 Å². The molecule has 3 heteroatoms. The van der Waals surface area contributed by atoms with Crippen molar-refractivity contribution in [2.45, 2.75) is 38.5 Å². The Hall–Kier alpha value is -5.41. The Morgan fingerprint density at radius 2 is 0.938 bits per heavy atom. The number of rotatable bonds is 3. The summed E-state index contributed by atoms with van der Waals surface area (Å²) < 4.78 is 27.8. The predicted octanol–water partition coefficient (Wildman–Crippen LogP) is 12.2. The first kappa shape index (κ1) is 28.8. The summed E-state index contributed by atoms with van der Waals surface area (Å²) >= 11 is 0. The van der Waals surface area contributed by atoms with E-state index in [0.717, 1.165) is 50.1 Å². The molecule has 48 heavy (non-hydrogen) atoms. The molecule has 0 radical (unpaired) electrons. The SMILES string of the molecule is CC1(C)C2=C(c3ccc(-c4ccc5cc(-c6cc(F)cc(F)c6)ccc5c4)cc31)C(C)(C)c1cc(-c3ccc4ccccc4n3)ccc12. The van der Waals surface area contributed by atoms with Crippen LogP contribution in [-0.4, -0.2) is 4.98 Å². The zero-order valence-electron chi connectivity index (χ0n) is 27.3. The molecular weight excluding hydrogens is 592 g/mol. The van der Waals surface area contributed by atoms with Crippen molar-refractivity contribution in [2.24, 2.45) is 0 Å². The predicted molar refractivity (Wildman–Crippen MR) is 195 cm³/mol. The van der Waals surface area contributed by atoms with Crippen molar-refractivity contribution in [2.75, 3.05) is 0 Å². The number of para-hydroxylation sites is 1. The van der Waals surface area contributed by atoms with E-state index in [4.69, 9.17) is 4.98 Å². The van der Waals surface area contributed by atoms with Gasteiger partial charge in [-0.15, -0.1) is 0 Å². The summed E-state index contributed by atoms with van der Waals surface area (Å²) in [5.41, 5.74) is 14.7. The summed E-state index contributed by atoms with van der Waals surface area (Å²) in [4.78, 5) is 5.00. The van der Waals surface area contributed by atoms with E-state index < -0.39 is 11.6 Å². The molecule has 0 unspecified atom stereocenters. The molecule has 1 nitrogen and oxygen atoms in total. The van der Waals surface area contributed by atoms with Crippen molar-refractivity contribution >= 4 is 32.8 Å². The Labute approximate surface area is 279 Å². The van der Waals surface area contributed by atoms with Gasteiger partial charge in [-0.05, 0) is 115 Å². The smallest absolute Gasteiger partial charge is 0.126 e. The third-order valence-corrected chi connectivity index (χ3v) is 10.7. The van der Waals surface area contributed by atoms with Crippen LogP contribution in [0.2, 0.25) is 0 Å². The first-order valence-corrected chi connectivity index (χ1v) is 16.5. The quantitative estimate of drug-likeness (QED) is 0.190. The van der Waals surface area contributed by atoms with Crippen molar-refractivity contribution in [3.8, 4) is 33.5 Å². The van der Waals surface area contributed by atoms with Crippen molar-refractivity contribution in [1.29, 1.82) is 0 Å². The monoisotopic (exact) mass is 625 g/mol. The standard InChI is InChI=1S/C45H33F2N/c1-44(2)38-23-31(29-10-9-28-20-30(12-11-27(28)19-29)33-21-34(46)25-35(47)22-33)13-16-36(38)42-43(44)37-17-14-32(24-39(37)45(42,3)4)41-18-15-26-7-5-6-8-40(26)48-41/h5-25H,1-4H3. The van der Waals surface area contributed by atoms with Crippen molar-refractivity contribution in [3.05, 3.63) is 161 Å². The molecule has 9 rings (SSSR count). The fourth-order valence-electron chi connectivity index (χ4n) is 8.29. The second kappa shape index (κ2) is 10.0. The molecule has 2 aliphatic carbocycles. The summed E-state index contributed by atoms with van der Waals surface area (Å²) in [5.74, 6) is -1.15. The van der Waals surface area contributed by atoms with Crippen LogP contribution in [0.4, 0.5) is 8.78 Å². The number of halogens is 2. The van der Waals surface area contributed by atoms with Gasteiger partial charge in [0.2, 0.25) is 0 Å². The molecule has 0 amide bonds. The zero-order valence-corrected chi connectivity index (χ0v) is 27.3. The van der Waals surface area contributed by atoms with Gasteiger partial charge in [-0.2, -0.15) is 0 Å². The number of pyridine rings is 1. The Morgan fingerprint density at radius 3 is 1.58 bits per heavy atom. The van der Waals surface area contributed by atoms with Gasteiger partial charge in [0.1, 0.15) is 11.6 Å². The van der Waals surface area contributed by atoms with Crippen LogP contribution < -0.4 is 0 Å². The number of benzene rings is 6. The summed E-state index contributed by atoms with van der Waals surface area (Å²) in [5, 5.41) is 3.26. The highest BCUT2D eigenvalue weighted by molar-refractivity contribution is 6.10. The lowest BCUT2D eigenvalue weighted by molar-refractivity contribution is 0.584. The molecule has 0 saturated carbocycles. The van der Waals surface area contributed by atoms with Gasteiger partial charge in [0, 0.05) is 27.8 Å². The summed E-state index contributed by atoms with van der Waals surface area (Å²) in [6.45, 7) is 9.44. The first-order chi connectivity index (χ1) is 23.1. The lowest BCUT2D eigenvalue weighted by Crippen LogP contribution is -2.19. The van der Waals surface area contributed by atoms with Crippen LogP contribution in [0.5, 0.6) is 0 Å². The Balaban J connectivity index is 1.07. The molecule has 0 N–H and O–H groups in total. The van der Waals surface area contributed by atoms with Gasteiger partial charge in [-0.3, -0.25) is 0 Å². The van der Waals surface area contributed by atoms with Gasteiger partial charge in [0.05, 0.1) is 11.2 Å². The molecule has 6 aromatic carbocycles. The number of fused-ring (bicyclic) bond motifs is 6. The average Bonchev–Trinajstić information content (AvgIpc) is 3.48. The van der Waals surface area contributed by atoms with E-state index in [1.807, 2.05) is 24.3 Å². The van der Waals surface area contributed by atoms with Crippen molar-refractivity contribution in [1.82, 2.24) is 4.98 Å². The van der Waals surface area contributed by atoms with Crippen LogP contribution in [-0.2, 0) is 10.8 Å². The minimum Gasteiger partial charge on any atom is -0.248 e. The lowest BCUT2D eigenvalue weighted by Gasteiger charge is -2.28. The van der Waals surface area contributed by atoms with Gasteiger partial charge in [0.25, 0.3) is 0 Å². The van der Waals surface area contributed by atoms with Gasteiger partial charge >= 0.3 is 0 Å². The minimum atomic E-state index is -0.574. The summed E-state index contributed by atoms with van der Waals surface area (Å²) in [7, 11) is 0. The molecule has 0 fully saturated rings. The van der Waals surface area contributed by atoms with Gasteiger partial charge in [0.15, 0.2) is 0 Å². The van der Waals surface area contributed by atoms with Crippen LogP contribution in [0.3, 0.4) is 0 Å². The summed E-state index contributed by atoms with van der Waals surface area (Å²) in [6, 6.07) is 42.5. The molecule has 7 aromatic rings. The number of nitrogens with zero attached hydrogens (tertiary/aromatic N) is 1. The number of aromatic nitrogens is 1. The second-order valence-corrected chi connectivity index (χ2v) is 14.3. The van der Waals surface area contributed by atoms with E-state index in [1.54, 1.807) is 0 Å². The Bertz CT molecular complexity index is 2510. The van der Waals surface area contributed by atoms with Crippen LogP contribution in [0.1, 0.15) is 49.9 Å². The highest BCUT2D eigenvalue weighted by Crippen LogP contribution is 2.63. The van der Waals surface area contributed by atoms with Crippen molar-refractivity contribution in [3.63, 3.8) is 0 Å². The van der Waals surface area contributed by atoms with E-state index in [-0.39, 0.29) is 10.8 Å². The topological polar surface area (TPSA) is 12.9 Å². The fraction of sp³-hybridized carbons (Fsp3) is 0.133. The molecule has 0 bridgehead atoms. The average molecular weight is 626 g/mol. The molecule has 232 valence electrons. The summed E-state index contributed by atoms with van der Waals surface area (Å²) in [6.07, 6.45) is 0. The number of hydrogen-bond donors (Lipinski definition) is 0. The molecule has 1 heterocycles. The largest absolute Gasteiger partial charge is 0.248 e. The third kappa shape index (κ3) is 4.23. The van der Waals surface area contributed by atoms with Crippen LogP contribution in [0.25, 0.3) is 66.3 Å². The maximum Gasteiger partial charge on any atom is 0.126 e. The van der Waals surface area contributed by atoms with E-state index in [1.165, 1.54) is 51.1 Å². The van der Waals surface area contributed by atoms with Crippen LogP contribution >= 0.6 is 0 Å². The maximum absolute atomic E-state index is 13.9. The normalized spacial score (nSPS) is 15.5. The molecule has 0 atom stereocenters. The molecule has 1 aromatic heterocycles. The van der Waals surface area contributed by atoms with Crippen LogP contribution in [0.15, 0.2) is 127 Å². The van der Waals surface area contributed by atoms with Gasteiger partial charge in [-0.25, -0.2) is 13.8 Å². The molecule has 0 saturated heterocycles.